The highest BCUT2D eigenvalue weighted by molar-refractivity contribution is 7.63. The highest BCUT2D eigenvalue weighted by atomic mass is 31.2. The first-order valence-corrected chi connectivity index (χ1v) is 5.09. The summed E-state index contributed by atoms with van der Waals surface area (Å²) >= 11 is 0. The van der Waals surface area contributed by atoms with Gasteiger partial charge in [0.15, 0.2) is 0 Å². The molecule has 0 saturated carbocycles. The minimum atomic E-state index is -3.48. The van der Waals surface area contributed by atoms with E-state index in [-0.39, 0.29) is 7.76 Å². The highest BCUT2D eigenvalue weighted by Gasteiger charge is 2.25. The van der Waals surface area contributed by atoms with E-state index in [4.69, 9.17) is 0 Å². The van der Waals surface area contributed by atoms with Crippen LogP contribution in [-0.2, 0) is 13.5 Å². The fourth-order valence-corrected chi connectivity index (χ4v) is 1.93. The molecule has 0 aromatic heterocycles. The van der Waals surface area contributed by atoms with E-state index < -0.39 is 7.60 Å². The lowest BCUT2D eigenvalue weighted by atomic mass is 10.4. The lowest BCUT2D eigenvalue weighted by Gasteiger charge is -2.13. The molecule has 1 rings (SSSR count). The normalized spacial score (nSPS) is 14.9. The third-order valence-electron chi connectivity index (χ3n) is 1.49. The molecule has 0 bridgehead atoms. The lowest BCUT2D eigenvalue weighted by molar-refractivity contribution is 0.332. The van der Waals surface area contributed by atoms with Crippen molar-refractivity contribution in [2.75, 3.05) is 7.11 Å². The van der Waals surface area contributed by atoms with Crippen LogP contribution < -0.4 is 5.30 Å². The quantitative estimate of drug-likeness (QED) is 0.548. The van der Waals surface area contributed by atoms with Crippen LogP contribution in [0.15, 0.2) is 30.3 Å². The molecule has 0 fully saturated rings. The van der Waals surface area contributed by atoms with Crippen LogP contribution in [0.2, 0.25) is 0 Å². The summed E-state index contributed by atoms with van der Waals surface area (Å²) in [5, 5.41) is 0.325. The van der Waals surface area contributed by atoms with Gasteiger partial charge in [-0.25, -0.2) is 0 Å². The average Bonchev–Trinajstić information content (AvgIpc) is 2.19. The molecule has 0 amide bonds. The standard InChI is InChI=1S/C7H8BFO3P/c1-11-13(10,12-8-9)7-5-3-2-4-6-7/h2-6H,1H3. The molecule has 1 aromatic rings. The van der Waals surface area contributed by atoms with Gasteiger partial charge in [-0.2, -0.15) is 0 Å². The lowest BCUT2D eigenvalue weighted by Crippen LogP contribution is -2.09. The van der Waals surface area contributed by atoms with Gasteiger partial charge in [-0.05, 0) is 12.1 Å². The molecule has 6 heteroatoms. The molecule has 0 spiro atoms. The largest absolute Gasteiger partial charge is 0.542 e. The second-order valence-corrected chi connectivity index (χ2v) is 4.30. The van der Waals surface area contributed by atoms with E-state index >= 15 is 0 Å². The van der Waals surface area contributed by atoms with Gasteiger partial charge in [0.2, 0.25) is 0 Å². The Balaban J connectivity index is 2.96. The predicted octanol–water partition coefficient (Wildman–Crippen LogP) is 1.67. The van der Waals surface area contributed by atoms with E-state index in [9.17, 15) is 8.88 Å². The molecule has 1 atom stereocenters. The van der Waals surface area contributed by atoms with Gasteiger partial charge in [-0.15, -0.1) is 0 Å². The summed E-state index contributed by atoms with van der Waals surface area (Å²) in [6.45, 7) is 0. The molecule has 0 N–H and O–H groups in total. The van der Waals surface area contributed by atoms with Crippen LogP contribution in [0, 0.1) is 0 Å². The van der Waals surface area contributed by atoms with Crippen molar-refractivity contribution in [3.8, 4) is 0 Å². The zero-order valence-electron chi connectivity index (χ0n) is 7.01. The molecule has 0 heterocycles. The first-order valence-electron chi connectivity index (χ1n) is 3.54. The molecular formula is C7H8BFO3P. The Labute approximate surface area is 76.7 Å². The molecule has 1 aromatic carbocycles. The summed E-state index contributed by atoms with van der Waals surface area (Å²) < 4.78 is 32.4. The van der Waals surface area contributed by atoms with Crippen molar-refractivity contribution in [2.24, 2.45) is 0 Å². The molecule has 3 nitrogen and oxygen atoms in total. The van der Waals surface area contributed by atoms with Crippen molar-refractivity contribution in [1.82, 2.24) is 0 Å². The number of hydrogen-bond donors (Lipinski definition) is 0. The zero-order chi connectivity index (χ0) is 9.73. The van der Waals surface area contributed by atoms with Crippen molar-refractivity contribution < 1.29 is 17.8 Å². The van der Waals surface area contributed by atoms with Gasteiger partial charge in [0.1, 0.15) is 0 Å². The van der Waals surface area contributed by atoms with Gasteiger partial charge in [0, 0.05) is 7.11 Å². The van der Waals surface area contributed by atoms with Gasteiger partial charge in [-0.3, -0.25) is 8.88 Å². The highest BCUT2D eigenvalue weighted by Crippen LogP contribution is 2.45. The second kappa shape index (κ2) is 4.56. The first-order chi connectivity index (χ1) is 6.23. The number of benzene rings is 1. The van der Waals surface area contributed by atoms with Gasteiger partial charge >= 0.3 is 15.4 Å². The Bertz CT molecular complexity index is 306. The zero-order valence-corrected chi connectivity index (χ0v) is 7.91. The minimum Gasteiger partial charge on any atom is -0.335 e. The van der Waals surface area contributed by atoms with Crippen LogP contribution in [-0.4, -0.2) is 14.9 Å². The first kappa shape index (κ1) is 10.4. The van der Waals surface area contributed by atoms with Crippen molar-refractivity contribution in [2.45, 2.75) is 0 Å². The SMILES string of the molecule is COP(=O)(O[B]F)c1ccccc1. The van der Waals surface area contributed by atoms with E-state index in [0.29, 0.717) is 5.30 Å². The van der Waals surface area contributed by atoms with Gasteiger partial charge in [0.25, 0.3) is 0 Å². The molecule has 0 saturated heterocycles. The summed E-state index contributed by atoms with van der Waals surface area (Å²) in [6, 6.07) is 8.19. The molecule has 1 unspecified atom stereocenters. The predicted molar refractivity (Wildman–Crippen MR) is 48.6 cm³/mol. The summed E-state index contributed by atoms with van der Waals surface area (Å²) in [6.07, 6.45) is 0. The Morgan fingerprint density at radius 2 is 2.00 bits per heavy atom. The molecule has 0 aliphatic rings. The topological polar surface area (TPSA) is 35.5 Å². The van der Waals surface area contributed by atoms with Gasteiger partial charge in [0.05, 0.1) is 5.30 Å². The van der Waals surface area contributed by atoms with Crippen LogP contribution >= 0.6 is 7.60 Å². The Morgan fingerprint density at radius 1 is 1.38 bits per heavy atom. The van der Waals surface area contributed by atoms with E-state index in [1.54, 1.807) is 30.3 Å². The maximum absolute atomic E-state index is 11.8. The number of hydrogen-bond acceptors (Lipinski definition) is 3. The smallest absolute Gasteiger partial charge is 0.335 e. The minimum absolute atomic E-state index is 0.128. The van der Waals surface area contributed by atoms with Crippen molar-refractivity contribution in [3.05, 3.63) is 30.3 Å². The third-order valence-corrected chi connectivity index (χ3v) is 3.26. The summed E-state index contributed by atoms with van der Waals surface area (Å²) in [4.78, 5) is 0. The van der Waals surface area contributed by atoms with E-state index in [1.165, 1.54) is 7.11 Å². The van der Waals surface area contributed by atoms with Crippen LogP contribution in [0.25, 0.3) is 0 Å². The van der Waals surface area contributed by atoms with Gasteiger partial charge < -0.3 is 8.96 Å². The van der Waals surface area contributed by atoms with Gasteiger partial charge in [-0.1, -0.05) is 18.2 Å². The molecule has 0 aliphatic carbocycles. The average molecular weight is 201 g/mol. The van der Waals surface area contributed by atoms with Crippen LogP contribution in [0.1, 0.15) is 0 Å². The van der Waals surface area contributed by atoms with Crippen LogP contribution in [0.3, 0.4) is 0 Å². The molecule has 69 valence electrons. The summed E-state index contributed by atoms with van der Waals surface area (Å²) in [5.41, 5.74) is 0. The van der Waals surface area contributed by atoms with Crippen LogP contribution in [0.5, 0.6) is 0 Å². The Hall–Kier alpha value is -0.635. The number of halogens is 1. The van der Waals surface area contributed by atoms with Crippen LogP contribution in [0.4, 0.5) is 4.32 Å². The fourth-order valence-electron chi connectivity index (χ4n) is 0.872. The monoisotopic (exact) mass is 201 g/mol. The maximum atomic E-state index is 11.8. The van der Waals surface area contributed by atoms with E-state index in [0.717, 1.165) is 0 Å². The molecule has 0 aliphatic heterocycles. The molecular weight excluding hydrogens is 193 g/mol. The second-order valence-electron chi connectivity index (χ2n) is 2.21. The summed E-state index contributed by atoms with van der Waals surface area (Å²) in [7, 11) is -2.41. The fraction of sp³-hybridized carbons (Fsp3) is 0.143. The van der Waals surface area contributed by atoms with E-state index in [1.807, 2.05) is 0 Å². The maximum Gasteiger partial charge on any atom is 0.542 e. The van der Waals surface area contributed by atoms with E-state index in [2.05, 4.69) is 8.96 Å². The third kappa shape index (κ3) is 2.40. The molecule has 13 heavy (non-hydrogen) atoms. The van der Waals surface area contributed by atoms with Crippen molar-refractivity contribution in [3.63, 3.8) is 0 Å². The Kier molecular flexibility index (Phi) is 3.66. The van der Waals surface area contributed by atoms with Crippen molar-refractivity contribution >= 4 is 20.7 Å². The Morgan fingerprint density at radius 3 is 2.46 bits per heavy atom. The van der Waals surface area contributed by atoms with Crippen molar-refractivity contribution in [1.29, 1.82) is 0 Å². The summed E-state index contributed by atoms with van der Waals surface area (Å²) in [5.74, 6) is 0. The number of rotatable bonds is 4. The molecule has 1 radical (unpaired) electrons.